The maximum atomic E-state index is 14.4. The summed E-state index contributed by atoms with van der Waals surface area (Å²) in [6.45, 7) is 15.9. The number of esters is 4. The molecule has 6 N–H and O–H groups in total. The summed E-state index contributed by atoms with van der Waals surface area (Å²) in [7, 11) is 2.77. The fraction of sp³-hybridized carbons (Fsp3) is 0.364. The van der Waals surface area contributed by atoms with Crippen LogP contribution in [0.2, 0.25) is 0 Å². The van der Waals surface area contributed by atoms with E-state index in [4.69, 9.17) is 48.0 Å². The number of amides is 4. The zero-order valence-electron chi connectivity index (χ0n) is 51.7. The van der Waals surface area contributed by atoms with Crippen molar-refractivity contribution in [1.82, 2.24) is 25.9 Å². The van der Waals surface area contributed by atoms with Crippen molar-refractivity contribution < 1.29 is 90.9 Å². The Hall–Kier alpha value is -10.3. The van der Waals surface area contributed by atoms with E-state index in [0.717, 1.165) is 12.8 Å². The summed E-state index contributed by atoms with van der Waals surface area (Å²) < 4.78 is 48.6. The van der Waals surface area contributed by atoms with Gasteiger partial charge in [-0.25, -0.2) is 29.1 Å². The first kappa shape index (κ1) is 67.6. The Kier molecular flexibility index (Phi) is 22.4. The Bertz CT molecular complexity index is 3710. The Labute approximate surface area is 529 Å². The fourth-order valence-electron chi connectivity index (χ4n) is 9.81. The number of anilines is 1. The summed E-state index contributed by atoms with van der Waals surface area (Å²) in [6.07, 6.45) is 1.28. The number of amidine groups is 1. The third-order valence-corrected chi connectivity index (χ3v) is 15.1. The summed E-state index contributed by atoms with van der Waals surface area (Å²) in [5, 5.41) is 29.4. The number of aromatic carboxylic acids is 1. The number of carbonyl (C=O) groups is 9. The number of pyridine rings is 2. The summed E-state index contributed by atoms with van der Waals surface area (Å²) >= 11 is 0. The smallest absolute Gasteiger partial charge is 0.413 e. The fourth-order valence-corrected chi connectivity index (χ4v) is 9.81. The number of hydrogen-bond acceptors (Lipinski definition) is 21. The van der Waals surface area contributed by atoms with Crippen LogP contribution in [0.15, 0.2) is 86.0 Å². The molecular formula is C66H71N7O19. The molecule has 92 heavy (non-hydrogen) atoms. The number of hydrogen-bond donors (Lipinski definition) is 6. The minimum absolute atomic E-state index is 0.00654. The van der Waals surface area contributed by atoms with Gasteiger partial charge in [-0.1, -0.05) is 46.1 Å². The van der Waals surface area contributed by atoms with Gasteiger partial charge in [-0.05, 0) is 116 Å². The molecular weight excluding hydrogens is 1190 g/mol. The van der Waals surface area contributed by atoms with Crippen LogP contribution in [0.25, 0.3) is 34.4 Å². The minimum Gasteiger partial charge on any atom is -0.496 e. The average molecular weight is 1270 g/mol. The van der Waals surface area contributed by atoms with Crippen molar-refractivity contribution in [3.63, 3.8) is 0 Å². The van der Waals surface area contributed by atoms with Gasteiger partial charge in [0.25, 0.3) is 17.7 Å². The number of aromatic nitrogens is 2. The summed E-state index contributed by atoms with van der Waals surface area (Å²) in [5.74, 6) is -7.78. The van der Waals surface area contributed by atoms with Gasteiger partial charge in [0.2, 0.25) is 12.6 Å². The SMILES string of the molecule is C=Cc1cc(C(=O)O)c(-c2ccc(C(=O)NCC3CC3CC(C)C(=O)OC(C)OC(=O)c3nc(C(=O)NCC4CC4)ccc3-c3cc(OC)c(C=C)cc3C(=O)Nc3ccc(C(=N)NC(=O)OC4COCOC4)cc3)nc2C(=O)OC(C)OC(=O)C(C)C)cc1OC. The number of carbonyl (C=O) groups excluding carboxylic acids is 8. The van der Waals surface area contributed by atoms with Crippen LogP contribution in [-0.2, 0) is 42.7 Å². The highest BCUT2D eigenvalue weighted by atomic mass is 16.7. The van der Waals surface area contributed by atoms with Gasteiger partial charge < -0.3 is 63.7 Å². The maximum Gasteiger partial charge on any atom is 0.413 e. The van der Waals surface area contributed by atoms with Crippen LogP contribution >= 0.6 is 0 Å². The van der Waals surface area contributed by atoms with E-state index in [1.54, 1.807) is 20.8 Å². The second-order valence-electron chi connectivity index (χ2n) is 22.3. The molecule has 26 heteroatoms. The number of carboxylic acid groups (broad SMARTS) is 1. The standard InChI is InChI=1S/C66H71N7O19/c1-10-38-24-49(58(74)70-43-16-14-40(15-17-43)57(67)73-66(83)92-44-30-86-32-87-31-44)47(26-53(38)84-8)45-18-20-51(59(75)68-28-37-12-13-37)71-55(45)64(81)91-36(7)89-63(80)34(5)22-41-23-42(41)29-69-60(76)52-21-19-46(48-27-54(85-9)39(11-2)25-50(48)61(77)78)56(72-52)65(82)90-35(6)88-62(79)33(3)4/h10-11,14-21,24-27,33-37,41-42,44H,1-2,12-13,22-23,28-32H2,3-9H3,(H,68,75)(H,69,76)(H,70,74)(H,77,78)(H2,67,73,83). The molecule has 0 radical (unpaired) electrons. The topological polar surface area (TPSA) is 355 Å². The van der Waals surface area contributed by atoms with Crippen molar-refractivity contribution in [1.29, 1.82) is 5.41 Å². The number of benzene rings is 3. The van der Waals surface area contributed by atoms with Gasteiger partial charge in [0.1, 0.15) is 35.5 Å². The van der Waals surface area contributed by atoms with Crippen LogP contribution in [0.3, 0.4) is 0 Å². The van der Waals surface area contributed by atoms with Crippen LogP contribution in [0.5, 0.6) is 11.5 Å². The van der Waals surface area contributed by atoms with E-state index >= 15 is 0 Å². The number of alkyl carbamates (subject to hydrolysis) is 1. The third kappa shape index (κ3) is 17.3. The van der Waals surface area contributed by atoms with E-state index in [2.05, 4.69) is 44.4 Å². The van der Waals surface area contributed by atoms with E-state index < -0.39 is 95.6 Å². The number of rotatable bonds is 27. The predicted molar refractivity (Wildman–Crippen MR) is 331 cm³/mol. The van der Waals surface area contributed by atoms with Crippen molar-refractivity contribution >= 4 is 77.3 Å². The van der Waals surface area contributed by atoms with Crippen molar-refractivity contribution in [3.05, 3.63) is 137 Å². The van der Waals surface area contributed by atoms with E-state index in [0.29, 0.717) is 36.4 Å². The molecule has 26 nitrogen and oxygen atoms in total. The lowest BCUT2D eigenvalue weighted by atomic mass is 9.94. The Morgan fingerprint density at radius 3 is 1.68 bits per heavy atom. The van der Waals surface area contributed by atoms with E-state index in [1.807, 2.05) is 0 Å². The third-order valence-electron chi connectivity index (χ3n) is 15.1. The quantitative estimate of drug-likeness (QED) is 0.00943. The van der Waals surface area contributed by atoms with Crippen molar-refractivity contribution in [2.75, 3.05) is 52.6 Å². The number of carboxylic acids is 1. The number of nitrogens with one attached hydrogen (secondary N) is 5. The van der Waals surface area contributed by atoms with Crippen LogP contribution in [0.1, 0.15) is 140 Å². The van der Waals surface area contributed by atoms with Gasteiger partial charge in [-0.3, -0.25) is 34.7 Å². The number of nitrogens with zero attached hydrogens (tertiary/aromatic N) is 2. The first-order valence-electron chi connectivity index (χ1n) is 29.5. The van der Waals surface area contributed by atoms with Gasteiger partial charge in [-0.15, -0.1) is 0 Å². The lowest BCUT2D eigenvalue weighted by molar-refractivity contribution is -0.171. The van der Waals surface area contributed by atoms with Crippen LogP contribution in [0, 0.1) is 35.0 Å². The van der Waals surface area contributed by atoms with Crippen LogP contribution in [-0.4, -0.2) is 141 Å². The lowest BCUT2D eigenvalue weighted by Gasteiger charge is -2.22. The summed E-state index contributed by atoms with van der Waals surface area (Å²) in [5.41, 5.74) is 0.00358. The van der Waals surface area contributed by atoms with Gasteiger partial charge in [0.05, 0.1) is 44.8 Å². The normalized spacial score (nSPS) is 16.0. The first-order valence-corrected chi connectivity index (χ1v) is 29.5. The van der Waals surface area contributed by atoms with E-state index in [-0.39, 0.29) is 112 Å². The molecule has 3 aromatic carbocycles. The molecule has 5 aromatic rings. The Balaban J connectivity index is 0.932. The average Bonchev–Trinajstić information content (AvgIpc) is 1.26. The summed E-state index contributed by atoms with van der Waals surface area (Å²) in [4.78, 5) is 130. The lowest BCUT2D eigenvalue weighted by Crippen LogP contribution is -2.39. The highest BCUT2D eigenvalue weighted by Gasteiger charge is 2.40. The maximum absolute atomic E-state index is 14.4. The van der Waals surface area contributed by atoms with Gasteiger partial charge >= 0.3 is 35.9 Å². The zero-order chi connectivity index (χ0) is 66.5. The molecule has 3 fully saturated rings. The van der Waals surface area contributed by atoms with Crippen molar-refractivity contribution in [2.24, 2.45) is 29.6 Å². The molecule has 3 aliphatic rings. The molecule has 0 spiro atoms. The molecule has 2 aromatic heterocycles. The van der Waals surface area contributed by atoms with Crippen molar-refractivity contribution in [2.45, 2.75) is 79.0 Å². The zero-order valence-corrected chi connectivity index (χ0v) is 51.7. The second-order valence-corrected chi connectivity index (χ2v) is 22.3. The molecule has 484 valence electrons. The number of ether oxygens (including phenoxy) is 9. The highest BCUT2D eigenvalue weighted by molar-refractivity contribution is 6.12. The molecule has 8 rings (SSSR count). The summed E-state index contributed by atoms with van der Waals surface area (Å²) in [6, 6.07) is 17.2. The molecule has 1 aliphatic heterocycles. The monoisotopic (exact) mass is 1270 g/mol. The predicted octanol–water partition coefficient (Wildman–Crippen LogP) is 8.47. The molecule has 3 heterocycles. The molecule has 5 atom stereocenters. The molecule has 1 saturated heterocycles. The minimum atomic E-state index is -1.50. The molecule has 2 aliphatic carbocycles. The Morgan fingerprint density at radius 2 is 1.17 bits per heavy atom. The molecule has 4 amide bonds. The highest BCUT2D eigenvalue weighted by Crippen LogP contribution is 2.43. The van der Waals surface area contributed by atoms with E-state index in [9.17, 15) is 48.3 Å². The first-order chi connectivity index (χ1) is 44.0. The van der Waals surface area contributed by atoms with Crippen LogP contribution < -0.4 is 30.7 Å². The molecule has 0 bridgehead atoms. The Morgan fingerprint density at radius 1 is 0.652 bits per heavy atom. The second kappa shape index (κ2) is 30.4. The van der Waals surface area contributed by atoms with E-state index in [1.165, 1.54) is 113 Å². The number of methoxy groups -OCH3 is 2. The van der Waals surface area contributed by atoms with Crippen LogP contribution in [0.4, 0.5) is 10.5 Å². The molecule has 5 unspecified atom stereocenters. The van der Waals surface area contributed by atoms with Gasteiger partial charge in [0.15, 0.2) is 17.5 Å². The largest absolute Gasteiger partial charge is 0.496 e. The van der Waals surface area contributed by atoms with Gasteiger partial charge in [-0.2, -0.15) is 0 Å². The van der Waals surface area contributed by atoms with Gasteiger partial charge in [0, 0.05) is 77.1 Å². The van der Waals surface area contributed by atoms with Crippen molar-refractivity contribution in [3.8, 4) is 33.8 Å². The molecule has 2 saturated carbocycles.